The van der Waals surface area contributed by atoms with Crippen molar-refractivity contribution in [1.29, 1.82) is 0 Å². The van der Waals surface area contributed by atoms with Gasteiger partial charge >= 0.3 is 0 Å². The van der Waals surface area contributed by atoms with Crippen LogP contribution in [-0.2, 0) is 21.7 Å². The van der Waals surface area contributed by atoms with Gasteiger partial charge in [0, 0.05) is 11.3 Å². The highest BCUT2D eigenvalue weighted by Gasteiger charge is 2.40. The molecule has 7 aromatic rings. The molecule has 9 rings (SSSR count). The molecular weight excluding hydrogens is 781 g/mol. The maximum absolute atomic E-state index is 2.56. The first kappa shape index (κ1) is 51.1. The van der Waals surface area contributed by atoms with Gasteiger partial charge in [-0.25, -0.2) is 0 Å². The molecule has 2 aliphatic rings. The second kappa shape index (κ2) is 20.3. The standard InChI is InChI=1S/C55H56.C4H10.3C2H6/c1-52(2,3)40-22-25-45-47(31-40)55(10,11)48-32-42(54(7,8)9)30-46(51(45)48)37-17-13-15-35(27-37)34-14-12-16-36(26-34)43-23-20-33-18-19-38-28-41(53(4,5)6)29-39-21-24-44(43)50(33)49(38)39;1-3-4-2;3*1-2/h12-16,18-32,37H,17H2,1-11H3;3-4H2,1-2H3;3*1-2H3. The predicted octanol–water partition coefficient (Wildman–Crippen LogP) is 20.5. The average Bonchev–Trinajstić information content (AvgIpc) is 3.54. The maximum Gasteiger partial charge on any atom is 0.0159 e. The minimum absolute atomic E-state index is 0.0478. The lowest BCUT2D eigenvalue weighted by molar-refractivity contribution is 0.579. The molecule has 0 bridgehead atoms. The van der Waals surface area contributed by atoms with Crippen LogP contribution in [0.3, 0.4) is 0 Å². The zero-order chi connectivity index (χ0) is 48.2. The SMILES string of the molecule is CC.CC.CC.CC(C)(C)c1ccc2c(c1)C(C)(C)c1cc(C(C)(C)C)cc(C3C=C(c4cccc(-c5ccc6ccc7cc(C(C)(C)C)cc8ccc5c6c78)c4)C=CC3)c1-2.CCCC. The Morgan fingerprint density at radius 2 is 1.03 bits per heavy atom. The normalized spacial score (nSPS) is 15.1. The molecule has 0 saturated carbocycles. The van der Waals surface area contributed by atoms with Gasteiger partial charge in [0.25, 0.3) is 0 Å². The van der Waals surface area contributed by atoms with Crippen LogP contribution >= 0.6 is 0 Å². The van der Waals surface area contributed by atoms with Crippen LogP contribution in [0, 0.1) is 0 Å². The number of fused-ring (bicyclic) bond motifs is 3. The van der Waals surface area contributed by atoms with Gasteiger partial charge in [-0.1, -0.05) is 260 Å². The molecule has 0 aliphatic heterocycles. The number of allylic oxidation sites excluding steroid dienone is 4. The zero-order valence-corrected chi connectivity index (χ0v) is 44.2. The number of rotatable bonds is 4. The Labute approximate surface area is 397 Å². The Kier molecular flexibility index (Phi) is 15.9. The van der Waals surface area contributed by atoms with E-state index in [0.29, 0.717) is 0 Å². The van der Waals surface area contributed by atoms with E-state index in [-0.39, 0.29) is 27.6 Å². The lowest BCUT2D eigenvalue weighted by Gasteiger charge is -2.29. The Morgan fingerprint density at radius 3 is 1.63 bits per heavy atom. The molecule has 0 saturated heterocycles. The highest BCUT2D eigenvalue weighted by molar-refractivity contribution is 6.25. The Morgan fingerprint density at radius 1 is 0.508 bits per heavy atom. The van der Waals surface area contributed by atoms with E-state index in [1.54, 1.807) is 0 Å². The van der Waals surface area contributed by atoms with E-state index in [0.717, 1.165) is 6.42 Å². The third kappa shape index (κ3) is 10.1. The van der Waals surface area contributed by atoms with Crippen LogP contribution in [0.4, 0.5) is 0 Å². The molecule has 1 unspecified atom stereocenters. The fraction of sp³-hybridized carbons (Fsp3) is 0.415. The first-order valence-electron chi connectivity index (χ1n) is 25.4. The van der Waals surface area contributed by atoms with E-state index in [9.17, 15) is 0 Å². The van der Waals surface area contributed by atoms with Crippen LogP contribution in [0.25, 0.3) is 60.1 Å². The van der Waals surface area contributed by atoms with Crippen molar-refractivity contribution in [3.8, 4) is 22.3 Å². The molecule has 344 valence electrons. The van der Waals surface area contributed by atoms with Crippen LogP contribution in [-0.4, -0.2) is 0 Å². The van der Waals surface area contributed by atoms with E-state index in [2.05, 4.69) is 211 Å². The van der Waals surface area contributed by atoms with Gasteiger partial charge in [-0.05, 0) is 128 Å². The van der Waals surface area contributed by atoms with Crippen LogP contribution < -0.4 is 0 Å². The van der Waals surface area contributed by atoms with Crippen LogP contribution in [0.1, 0.15) is 196 Å². The van der Waals surface area contributed by atoms with Crippen molar-refractivity contribution in [3.05, 3.63) is 160 Å². The van der Waals surface area contributed by atoms with Gasteiger partial charge in [0.1, 0.15) is 0 Å². The quantitative estimate of drug-likeness (QED) is 0.155. The smallest absolute Gasteiger partial charge is 0.0159 e. The average molecular weight is 865 g/mol. The summed E-state index contributed by atoms with van der Waals surface area (Å²) in [5, 5.41) is 8.05. The summed E-state index contributed by atoms with van der Waals surface area (Å²) < 4.78 is 0. The minimum atomic E-state index is -0.0666. The molecule has 65 heavy (non-hydrogen) atoms. The van der Waals surface area contributed by atoms with Crippen LogP contribution in [0.5, 0.6) is 0 Å². The molecule has 0 aromatic heterocycles. The van der Waals surface area contributed by atoms with E-state index in [1.807, 2.05) is 41.5 Å². The molecular formula is C65H84. The number of unbranched alkanes of at least 4 members (excludes halogenated alkanes) is 1. The molecule has 0 radical (unpaired) electrons. The Hall–Kier alpha value is -4.94. The van der Waals surface area contributed by atoms with E-state index in [4.69, 9.17) is 0 Å². The van der Waals surface area contributed by atoms with Gasteiger partial charge in [-0.2, -0.15) is 0 Å². The fourth-order valence-corrected chi connectivity index (χ4v) is 9.54. The van der Waals surface area contributed by atoms with Crippen molar-refractivity contribution in [2.75, 3.05) is 0 Å². The third-order valence-corrected chi connectivity index (χ3v) is 13.5. The van der Waals surface area contributed by atoms with Crippen LogP contribution in [0.2, 0.25) is 0 Å². The molecule has 0 spiro atoms. The number of hydrogen-bond acceptors (Lipinski definition) is 0. The maximum atomic E-state index is 2.56. The molecule has 0 N–H and O–H groups in total. The fourth-order valence-electron chi connectivity index (χ4n) is 9.54. The summed E-state index contributed by atoms with van der Waals surface area (Å²) in [5.74, 6) is 0.288. The summed E-state index contributed by atoms with van der Waals surface area (Å²) in [5.41, 5.74) is 16.8. The molecule has 0 nitrogen and oxygen atoms in total. The van der Waals surface area contributed by atoms with Crippen molar-refractivity contribution in [1.82, 2.24) is 0 Å². The first-order valence-corrected chi connectivity index (χ1v) is 25.4. The lowest BCUT2D eigenvalue weighted by atomic mass is 9.75. The largest absolute Gasteiger partial charge is 0.0830 e. The van der Waals surface area contributed by atoms with E-state index < -0.39 is 0 Å². The molecule has 0 heteroatoms. The second-order valence-corrected chi connectivity index (χ2v) is 21.3. The lowest BCUT2D eigenvalue weighted by Crippen LogP contribution is -2.20. The van der Waals surface area contributed by atoms with Crippen molar-refractivity contribution in [2.24, 2.45) is 0 Å². The number of benzene rings is 7. The molecule has 0 heterocycles. The molecule has 0 fully saturated rings. The predicted molar refractivity (Wildman–Crippen MR) is 295 cm³/mol. The topological polar surface area (TPSA) is 0 Å². The van der Waals surface area contributed by atoms with Gasteiger partial charge in [-0.3, -0.25) is 0 Å². The first-order chi connectivity index (χ1) is 30.8. The molecule has 7 aromatic carbocycles. The summed E-state index contributed by atoms with van der Waals surface area (Å²) in [7, 11) is 0. The summed E-state index contributed by atoms with van der Waals surface area (Å²) in [6.45, 7) is 42.2. The highest BCUT2D eigenvalue weighted by Crippen LogP contribution is 2.54. The summed E-state index contributed by atoms with van der Waals surface area (Å²) in [6.07, 6.45) is 11.0. The third-order valence-electron chi connectivity index (χ3n) is 13.5. The van der Waals surface area contributed by atoms with Gasteiger partial charge in [-0.15, -0.1) is 0 Å². The van der Waals surface area contributed by atoms with Crippen molar-refractivity contribution in [3.63, 3.8) is 0 Å². The molecule has 2 aliphatic carbocycles. The highest BCUT2D eigenvalue weighted by atomic mass is 14.4. The van der Waals surface area contributed by atoms with Gasteiger partial charge in [0.05, 0.1) is 0 Å². The molecule has 0 amide bonds. The Bertz CT molecular complexity index is 2750. The molecule has 1 atom stereocenters. The van der Waals surface area contributed by atoms with Gasteiger partial charge in [0.2, 0.25) is 0 Å². The minimum Gasteiger partial charge on any atom is -0.0830 e. The number of hydrogen-bond donors (Lipinski definition) is 0. The summed E-state index contributed by atoms with van der Waals surface area (Å²) in [6, 6.07) is 40.4. The van der Waals surface area contributed by atoms with E-state index in [1.165, 1.54) is 112 Å². The van der Waals surface area contributed by atoms with Crippen molar-refractivity contribution < 1.29 is 0 Å². The zero-order valence-electron chi connectivity index (χ0n) is 44.2. The van der Waals surface area contributed by atoms with E-state index >= 15 is 0 Å². The summed E-state index contributed by atoms with van der Waals surface area (Å²) >= 11 is 0. The second-order valence-electron chi connectivity index (χ2n) is 21.3. The Balaban J connectivity index is 0.000000736. The van der Waals surface area contributed by atoms with Crippen LogP contribution in [0.15, 0.2) is 121 Å². The van der Waals surface area contributed by atoms with Gasteiger partial charge < -0.3 is 0 Å². The van der Waals surface area contributed by atoms with Gasteiger partial charge in [0.15, 0.2) is 0 Å². The van der Waals surface area contributed by atoms with Crippen molar-refractivity contribution in [2.45, 2.75) is 178 Å². The monoisotopic (exact) mass is 865 g/mol. The summed E-state index contributed by atoms with van der Waals surface area (Å²) in [4.78, 5) is 0. The van der Waals surface area contributed by atoms with Crippen molar-refractivity contribution >= 4 is 37.9 Å².